The summed E-state index contributed by atoms with van der Waals surface area (Å²) in [7, 11) is -1.62. The standard InChI is InChI=1S/C81H102F2N10O13SSi/c1-17-100-72(94)40-64(56-36-68-77(70(37-56)99-16)89(14)88-87-68)54-19-18-51(8)57(34-54)44-92-43-53(10)104-69-39-61(23-25-71(69)107(92,96)97)102-32-31-101-60-26-29-90(30-27-60)42-52(9)105-79-85-76-66(78(86-79)91-45-58-21-22-59(46-91)93(58)80(95)106-81(11,12)13)41-84-75(74(76)83)65-38-62(103-47-98-15)35-55-20-24-67(82)63(73(55)65)28-33-108(48(2)3,49(4)5)50(6)7/h18-20,23-25,34-39,41,48-50,52-53,58-60,64H,17,21-22,26-27,29-32,40,42-47H2,1-16H3/t52?,53-,58-,59+,64?/m1/s1. The van der Waals surface area contributed by atoms with Crippen LogP contribution in [0.1, 0.15) is 149 Å². The number of amides is 1. The SMILES string of the molecule is CCOC(=O)CC(c1ccc(C)c(CN2C[C@@H](C)Oc3cc(OCCOC4CCN(CC(C)Oc5nc(N6C[C@H]7CC[C@@H](C6)N7C(=O)OC(C)(C)C)c6cnc(-c7cc(OCOC)cc8ccc(F)c(C#C[Si](C(C)C)(C(C)C)C(C)C)c78)c(F)c6n5)CC4)ccc3S2(=O)=O)c1)c1cc(OC)c2c(c1)nnn2C. The monoisotopic (exact) mass is 1520 g/mol. The van der Waals surface area contributed by atoms with Crippen molar-refractivity contribution >= 4 is 68.7 Å². The zero-order valence-electron chi connectivity index (χ0n) is 65.0. The highest BCUT2D eigenvalue weighted by Gasteiger charge is 2.46. The van der Waals surface area contributed by atoms with E-state index in [-0.39, 0.29) is 132 Å². The molecule has 27 heteroatoms. The molecule has 7 heterocycles. The Kier molecular flexibility index (Phi) is 23.9. The minimum absolute atomic E-state index is 0.0213. The second-order valence-corrected chi connectivity index (χ2v) is 38.4. The maximum atomic E-state index is 18.3. The number of likely N-dealkylation sites (tertiary alicyclic amines) is 1. The smallest absolute Gasteiger partial charge is 0.410 e. The molecule has 0 spiro atoms. The number of rotatable bonds is 25. The molecule has 2 bridgehead atoms. The van der Waals surface area contributed by atoms with Gasteiger partial charge < -0.3 is 47.5 Å². The number of pyridine rings is 1. The Morgan fingerprint density at radius 1 is 0.833 bits per heavy atom. The van der Waals surface area contributed by atoms with E-state index >= 15 is 8.78 Å². The van der Waals surface area contributed by atoms with Crippen molar-refractivity contribution in [2.24, 2.45) is 7.05 Å². The molecule has 3 saturated heterocycles. The van der Waals surface area contributed by atoms with Gasteiger partial charge in [0.1, 0.15) is 94.3 Å². The number of piperidine rings is 1. The largest absolute Gasteiger partial charge is 0.494 e. The zero-order valence-corrected chi connectivity index (χ0v) is 66.8. The lowest BCUT2D eigenvalue weighted by Crippen LogP contribution is -2.57. The second kappa shape index (κ2) is 32.8. The maximum Gasteiger partial charge on any atom is 0.410 e. The highest BCUT2D eigenvalue weighted by atomic mass is 32.2. The van der Waals surface area contributed by atoms with Crippen LogP contribution in [0.25, 0.3) is 44.0 Å². The number of carbonyl (C=O) groups is 2. The van der Waals surface area contributed by atoms with Gasteiger partial charge in [0, 0.05) is 82.6 Å². The fourth-order valence-electron chi connectivity index (χ4n) is 16.4. The molecule has 1 amide bonds. The minimum atomic E-state index is -4.10. The number of ether oxygens (including phenoxy) is 9. The van der Waals surface area contributed by atoms with Crippen LogP contribution in [0.5, 0.6) is 29.0 Å². The predicted octanol–water partition coefficient (Wildman–Crippen LogP) is 14.2. The van der Waals surface area contributed by atoms with Crippen molar-refractivity contribution in [3.63, 3.8) is 0 Å². The van der Waals surface area contributed by atoms with Crippen molar-refractivity contribution in [3.05, 3.63) is 118 Å². The lowest BCUT2D eigenvalue weighted by Gasteiger charge is -2.42. The van der Waals surface area contributed by atoms with Crippen molar-refractivity contribution in [1.29, 1.82) is 0 Å². The summed E-state index contributed by atoms with van der Waals surface area (Å²) in [6.45, 7) is 29.6. The van der Waals surface area contributed by atoms with Crippen LogP contribution in [0.3, 0.4) is 0 Å². The number of sulfonamides is 1. The number of nitrogens with zero attached hydrogens (tertiary/aromatic N) is 10. The highest BCUT2D eigenvalue weighted by molar-refractivity contribution is 7.89. The molecular weight excluding hydrogens is 1420 g/mol. The van der Waals surface area contributed by atoms with E-state index in [0.29, 0.717) is 83.0 Å². The van der Waals surface area contributed by atoms with Crippen molar-refractivity contribution < 1.29 is 69.4 Å². The summed E-state index contributed by atoms with van der Waals surface area (Å²) >= 11 is 0. The predicted molar refractivity (Wildman–Crippen MR) is 412 cm³/mol. The van der Waals surface area contributed by atoms with Crippen molar-refractivity contribution in [3.8, 4) is 51.7 Å². The minimum Gasteiger partial charge on any atom is -0.494 e. The normalized spacial score (nSPS) is 18.4. The van der Waals surface area contributed by atoms with E-state index in [4.69, 9.17) is 57.6 Å². The first kappa shape index (κ1) is 78.8. The Balaban J connectivity index is 0.726. The first-order valence-corrected chi connectivity index (χ1v) is 41.3. The summed E-state index contributed by atoms with van der Waals surface area (Å²) in [5.74, 6) is 3.13. The molecule has 4 aliphatic heterocycles. The van der Waals surface area contributed by atoms with E-state index in [9.17, 15) is 18.0 Å². The van der Waals surface area contributed by atoms with Gasteiger partial charge in [0.15, 0.2) is 12.6 Å². The molecule has 578 valence electrons. The quantitative estimate of drug-likeness (QED) is 0.0170. The molecule has 3 fully saturated rings. The number of benzene rings is 5. The molecule has 12 rings (SSSR count). The van der Waals surface area contributed by atoms with Gasteiger partial charge in [-0.1, -0.05) is 76.9 Å². The number of esters is 1. The number of anilines is 1. The summed E-state index contributed by atoms with van der Waals surface area (Å²) < 4.78 is 121. The van der Waals surface area contributed by atoms with Gasteiger partial charge in [-0.25, -0.2) is 26.7 Å². The van der Waals surface area contributed by atoms with Gasteiger partial charge in [0.25, 0.3) is 0 Å². The average Bonchev–Trinajstić information content (AvgIpc) is 0.980. The van der Waals surface area contributed by atoms with Crippen LogP contribution in [0.4, 0.5) is 19.4 Å². The van der Waals surface area contributed by atoms with E-state index in [1.165, 1.54) is 23.5 Å². The van der Waals surface area contributed by atoms with Crippen LogP contribution in [0.2, 0.25) is 16.6 Å². The Labute approximate surface area is 633 Å². The molecule has 108 heavy (non-hydrogen) atoms. The van der Waals surface area contributed by atoms with E-state index in [2.05, 4.69) is 73.1 Å². The number of piperazine rings is 1. The zero-order chi connectivity index (χ0) is 77.3. The van der Waals surface area contributed by atoms with Gasteiger partial charge in [-0.2, -0.15) is 14.3 Å². The molecule has 0 aliphatic carbocycles. The van der Waals surface area contributed by atoms with Crippen molar-refractivity contribution in [2.45, 2.75) is 192 Å². The summed E-state index contributed by atoms with van der Waals surface area (Å²) in [6, 6.07) is 20.4. The van der Waals surface area contributed by atoms with E-state index < -0.39 is 53.5 Å². The number of halogens is 2. The van der Waals surface area contributed by atoms with Gasteiger partial charge >= 0.3 is 18.1 Å². The lowest BCUT2D eigenvalue weighted by molar-refractivity contribution is -0.143. The third-order valence-corrected chi connectivity index (χ3v) is 29.6. The fourth-order valence-corrected chi connectivity index (χ4v) is 23.2. The Hall–Kier alpha value is -8.78. The average molecular weight is 1520 g/mol. The summed E-state index contributed by atoms with van der Waals surface area (Å²) in [5, 5.41) is 9.83. The molecule has 3 aromatic heterocycles. The molecule has 23 nitrogen and oxygen atoms in total. The second-order valence-electron chi connectivity index (χ2n) is 30.9. The van der Waals surface area contributed by atoms with Crippen LogP contribution >= 0.6 is 0 Å². The van der Waals surface area contributed by atoms with Gasteiger partial charge in [0.05, 0.1) is 62.4 Å². The molecule has 0 radical (unpaired) electrons. The van der Waals surface area contributed by atoms with Crippen LogP contribution in [0, 0.1) is 30.0 Å². The Morgan fingerprint density at radius 3 is 2.25 bits per heavy atom. The molecule has 0 saturated carbocycles. The van der Waals surface area contributed by atoms with Crippen molar-refractivity contribution in [2.75, 3.05) is 85.0 Å². The fraction of sp³-hybridized carbons (Fsp3) is 0.519. The number of fused-ring (bicyclic) bond motifs is 6. The first-order valence-electron chi connectivity index (χ1n) is 37.6. The van der Waals surface area contributed by atoms with Gasteiger partial charge in [0.2, 0.25) is 10.0 Å². The number of carbonyl (C=O) groups excluding carboxylic acids is 2. The number of methoxy groups -OCH3 is 2. The molecule has 0 N–H and O–H groups in total. The third-order valence-electron chi connectivity index (χ3n) is 21.4. The lowest BCUT2D eigenvalue weighted by atomic mass is 9.86. The van der Waals surface area contributed by atoms with Crippen LogP contribution < -0.4 is 28.6 Å². The van der Waals surface area contributed by atoms with Gasteiger partial charge in [-0.15, -0.1) is 10.6 Å². The maximum absolute atomic E-state index is 18.3. The van der Waals surface area contributed by atoms with Crippen LogP contribution in [-0.2, 0) is 47.4 Å². The molecule has 5 aromatic carbocycles. The van der Waals surface area contributed by atoms with Gasteiger partial charge in [-0.3, -0.25) is 19.6 Å². The molecule has 2 unspecified atom stereocenters. The molecule has 8 aromatic rings. The summed E-state index contributed by atoms with van der Waals surface area (Å²) in [6.07, 6.45) is 3.13. The highest BCUT2D eigenvalue weighted by Crippen LogP contribution is 2.45. The third kappa shape index (κ3) is 16.7. The van der Waals surface area contributed by atoms with Crippen LogP contribution in [0.15, 0.2) is 83.9 Å². The topological polar surface area (TPSA) is 234 Å². The summed E-state index contributed by atoms with van der Waals surface area (Å²) in [5.41, 5.74) is 8.60. The molecule has 4 aliphatic rings. The molecule has 5 atom stereocenters. The van der Waals surface area contributed by atoms with Crippen molar-refractivity contribution in [1.82, 2.24) is 44.1 Å². The number of aryl methyl sites for hydroxylation is 2. The number of hydrogen-bond acceptors (Lipinski definition) is 20. The Morgan fingerprint density at radius 2 is 1.56 bits per heavy atom. The molecular formula is C81H102F2N10O13SSi. The summed E-state index contributed by atoms with van der Waals surface area (Å²) in [4.78, 5) is 47.9. The first-order chi connectivity index (χ1) is 51.5. The van der Waals surface area contributed by atoms with Gasteiger partial charge in [-0.05, 0) is 161 Å². The Bertz CT molecular complexity index is 4790. The number of aromatic nitrogens is 6. The number of hydrogen-bond donors (Lipinski definition) is 0. The van der Waals surface area contributed by atoms with E-state index in [1.54, 1.807) is 62.3 Å². The van der Waals surface area contributed by atoms with E-state index in [1.807, 2.05) is 76.8 Å². The van der Waals surface area contributed by atoms with E-state index in [0.717, 1.165) is 47.9 Å². The van der Waals surface area contributed by atoms with Crippen LogP contribution in [-0.4, -0.2) is 189 Å².